The molecule has 8 aromatic carbocycles. The minimum Gasteiger partial charge on any atom is -0.308 e. The van der Waals surface area contributed by atoms with Gasteiger partial charge in [0.2, 0.25) is 0 Å². The number of aromatic nitrogens is 5. The van der Waals surface area contributed by atoms with Crippen LogP contribution in [0.4, 0.5) is 0 Å². The first-order chi connectivity index (χ1) is 31.2. The summed E-state index contributed by atoms with van der Waals surface area (Å²) in [5.74, 6) is 1.16. The Hall–Kier alpha value is -8.79. The van der Waals surface area contributed by atoms with Crippen LogP contribution in [0.1, 0.15) is 5.56 Å². The maximum absolute atomic E-state index is 9.77. The molecule has 11 rings (SSSR count). The second kappa shape index (κ2) is 16.0. The highest BCUT2D eigenvalue weighted by Gasteiger charge is 2.21. The van der Waals surface area contributed by atoms with Gasteiger partial charge in [-0.05, 0) is 65.7 Å². The van der Waals surface area contributed by atoms with Crippen molar-refractivity contribution < 1.29 is 0 Å². The third kappa shape index (κ3) is 7.10. The number of benzene rings is 8. The highest BCUT2D eigenvalue weighted by atomic mass is 15.0. The Morgan fingerprint density at radius 1 is 0.333 bits per heavy atom. The van der Waals surface area contributed by atoms with Gasteiger partial charge in [-0.25, -0.2) is 19.9 Å². The van der Waals surface area contributed by atoms with E-state index in [1.165, 1.54) is 0 Å². The van der Waals surface area contributed by atoms with E-state index in [0.717, 1.165) is 94.8 Å². The van der Waals surface area contributed by atoms with Crippen LogP contribution in [0.2, 0.25) is 0 Å². The van der Waals surface area contributed by atoms with Crippen molar-refractivity contribution in [1.29, 1.82) is 5.26 Å². The Kier molecular flexibility index (Phi) is 9.45. The zero-order chi connectivity index (χ0) is 42.1. The predicted molar refractivity (Wildman–Crippen MR) is 255 cm³/mol. The molecule has 3 aromatic heterocycles. The summed E-state index contributed by atoms with van der Waals surface area (Å²) in [7, 11) is 0. The third-order valence-corrected chi connectivity index (χ3v) is 11.5. The molecule has 0 fully saturated rings. The van der Waals surface area contributed by atoms with Crippen LogP contribution >= 0.6 is 0 Å². The molecule has 6 nitrogen and oxygen atoms in total. The summed E-state index contributed by atoms with van der Waals surface area (Å²) in [6, 6.07) is 76.7. The van der Waals surface area contributed by atoms with Gasteiger partial charge in [0.05, 0.1) is 51.1 Å². The minimum atomic E-state index is 0.568. The van der Waals surface area contributed by atoms with Crippen LogP contribution in [0.5, 0.6) is 0 Å². The number of hydrogen-bond acceptors (Lipinski definition) is 5. The summed E-state index contributed by atoms with van der Waals surface area (Å²) in [5.41, 5.74) is 14.5. The molecule has 0 atom stereocenters. The molecule has 3 heterocycles. The van der Waals surface area contributed by atoms with Crippen LogP contribution in [0.3, 0.4) is 0 Å². The first-order valence-electron chi connectivity index (χ1n) is 20.9. The van der Waals surface area contributed by atoms with Gasteiger partial charge in [0, 0.05) is 44.2 Å². The maximum atomic E-state index is 9.77. The summed E-state index contributed by atoms with van der Waals surface area (Å²) in [6.07, 6.45) is 0. The fourth-order valence-corrected chi connectivity index (χ4v) is 8.40. The lowest BCUT2D eigenvalue weighted by Gasteiger charge is -2.17. The normalized spacial score (nSPS) is 11.2. The van der Waals surface area contributed by atoms with Crippen molar-refractivity contribution in [2.24, 2.45) is 0 Å². The Morgan fingerprint density at radius 3 is 1.35 bits per heavy atom. The average Bonchev–Trinajstić information content (AvgIpc) is 3.70. The molecule has 0 N–H and O–H groups in total. The molecule has 0 aliphatic rings. The number of para-hydroxylation sites is 1. The smallest absolute Gasteiger partial charge is 0.162 e. The molecule has 0 bridgehead atoms. The standard InChI is InChI=1S/C57H36N6/c58-37-38-16-15-25-43(32-38)44-28-30-47-46-26-13-14-27-53(46)63(55(47)34-44)54-31-29-45(56-59-49(39-17-5-1-6-18-39)35-50(60-56)40-19-7-2-8-20-40)33-48(54)57-61-51(41-21-9-3-10-22-41)36-52(62-57)42-23-11-4-12-24-42/h1-36H. The zero-order valence-corrected chi connectivity index (χ0v) is 34.0. The summed E-state index contributed by atoms with van der Waals surface area (Å²) in [6.45, 7) is 0. The van der Waals surface area contributed by atoms with Gasteiger partial charge in [-0.3, -0.25) is 0 Å². The van der Waals surface area contributed by atoms with Crippen molar-refractivity contribution >= 4 is 21.8 Å². The second-order valence-corrected chi connectivity index (χ2v) is 15.4. The number of nitrogens with zero attached hydrogens (tertiary/aromatic N) is 6. The summed E-state index contributed by atoms with van der Waals surface area (Å²) in [4.78, 5) is 21.2. The molecule has 0 spiro atoms. The molecule has 63 heavy (non-hydrogen) atoms. The van der Waals surface area contributed by atoms with Gasteiger partial charge in [0.25, 0.3) is 0 Å². The first-order valence-corrected chi connectivity index (χ1v) is 20.9. The van der Waals surface area contributed by atoms with Crippen molar-refractivity contribution in [3.8, 4) is 90.7 Å². The maximum Gasteiger partial charge on any atom is 0.162 e. The summed E-state index contributed by atoms with van der Waals surface area (Å²) < 4.78 is 2.32. The molecule has 11 aromatic rings. The van der Waals surface area contributed by atoms with Gasteiger partial charge < -0.3 is 4.57 Å². The van der Waals surface area contributed by atoms with Crippen LogP contribution in [0.15, 0.2) is 218 Å². The van der Waals surface area contributed by atoms with Gasteiger partial charge >= 0.3 is 0 Å². The van der Waals surface area contributed by atoms with Crippen LogP contribution in [-0.2, 0) is 0 Å². The highest BCUT2D eigenvalue weighted by molar-refractivity contribution is 6.10. The lowest BCUT2D eigenvalue weighted by molar-refractivity contribution is 1.13. The van der Waals surface area contributed by atoms with Crippen molar-refractivity contribution in [3.05, 3.63) is 224 Å². The Bertz CT molecular complexity index is 3390. The van der Waals surface area contributed by atoms with E-state index in [0.29, 0.717) is 17.2 Å². The zero-order valence-electron chi connectivity index (χ0n) is 34.0. The largest absolute Gasteiger partial charge is 0.308 e. The van der Waals surface area contributed by atoms with E-state index in [-0.39, 0.29) is 0 Å². The van der Waals surface area contributed by atoms with Crippen molar-refractivity contribution in [3.63, 3.8) is 0 Å². The molecule has 0 aliphatic heterocycles. The fourth-order valence-electron chi connectivity index (χ4n) is 8.40. The highest BCUT2D eigenvalue weighted by Crippen LogP contribution is 2.40. The number of nitriles is 1. The quantitative estimate of drug-likeness (QED) is 0.153. The van der Waals surface area contributed by atoms with Crippen molar-refractivity contribution in [2.45, 2.75) is 0 Å². The molecule has 0 amide bonds. The van der Waals surface area contributed by atoms with Gasteiger partial charge in [-0.2, -0.15) is 5.26 Å². The number of rotatable bonds is 8. The number of hydrogen-bond donors (Lipinski definition) is 0. The van der Waals surface area contributed by atoms with E-state index in [2.05, 4.69) is 138 Å². The van der Waals surface area contributed by atoms with E-state index in [4.69, 9.17) is 19.9 Å². The van der Waals surface area contributed by atoms with Crippen molar-refractivity contribution in [1.82, 2.24) is 24.5 Å². The van der Waals surface area contributed by atoms with E-state index >= 15 is 0 Å². The number of fused-ring (bicyclic) bond motifs is 3. The second-order valence-electron chi connectivity index (χ2n) is 15.4. The Morgan fingerprint density at radius 2 is 0.794 bits per heavy atom. The molecular weight excluding hydrogens is 769 g/mol. The van der Waals surface area contributed by atoms with Gasteiger partial charge in [0.15, 0.2) is 11.6 Å². The molecular formula is C57H36N6. The Labute approximate surface area is 364 Å². The average molecular weight is 805 g/mol. The fraction of sp³-hybridized carbons (Fsp3) is 0. The minimum absolute atomic E-state index is 0.568. The third-order valence-electron chi connectivity index (χ3n) is 11.5. The van der Waals surface area contributed by atoms with E-state index < -0.39 is 0 Å². The van der Waals surface area contributed by atoms with E-state index in [1.807, 2.05) is 91.0 Å². The van der Waals surface area contributed by atoms with Gasteiger partial charge in [-0.1, -0.05) is 164 Å². The monoisotopic (exact) mass is 804 g/mol. The predicted octanol–water partition coefficient (Wildman–Crippen LogP) is 13.9. The van der Waals surface area contributed by atoms with E-state index in [1.54, 1.807) is 0 Å². The topological polar surface area (TPSA) is 80.3 Å². The van der Waals surface area contributed by atoms with Crippen LogP contribution < -0.4 is 0 Å². The molecule has 294 valence electrons. The van der Waals surface area contributed by atoms with Crippen molar-refractivity contribution in [2.75, 3.05) is 0 Å². The van der Waals surface area contributed by atoms with Gasteiger partial charge in [-0.15, -0.1) is 0 Å². The summed E-state index contributed by atoms with van der Waals surface area (Å²) in [5, 5.41) is 12.0. The van der Waals surface area contributed by atoms with E-state index in [9.17, 15) is 5.26 Å². The molecule has 0 unspecified atom stereocenters. The molecule has 0 aliphatic carbocycles. The lowest BCUT2D eigenvalue weighted by atomic mass is 10.0. The SMILES string of the molecule is N#Cc1cccc(-c2ccc3c4ccccc4n(-c4ccc(-c5nc(-c6ccccc6)cc(-c6ccccc6)n5)cc4-c4nc(-c5ccccc5)cc(-c5ccccc5)n4)c3c2)c1. The lowest BCUT2D eigenvalue weighted by Crippen LogP contribution is -2.03. The molecule has 6 heteroatoms. The van der Waals surface area contributed by atoms with Crippen LogP contribution in [0.25, 0.3) is 106 Å². The molecule has 0 saturated heterocycles. The molecule has 0 radical (unpaired) electrons. The van der Waals surface area contributed by atoms with Crippen LogP contribution in [0, 0.1) is 11.3 Å². The van der Waals surface area contributed by atoms with Gasteiger partial charge in [0.1, 0.15) is 0 Å². The Balaban J connectivity index is 1.21. The first kappa shape index (κ1) is 37.2. The summed E-state index contributed by atoms with van der Waals surface area (Å²) >= 11 is 0. The molecule has 0 saturated carbocycles. The van der Waals surface area contributed by atoms with Crippen LogP contribution in [-0.4, -0.2) is 24.5 Å².